The number of nitro groups is 1. The van der Waals surface area contributed by atoms with Crippen molar-refractivity contribution >= 4 is 11.6 Å². The zero-order valence-corrected chi connectivity index (χ0v) is 12.9. The molecule has 0 aliphatic carbocycles. The van der Waals surface area contributed by atoms with Crippen LogP contribution in [-0.4, -0.2) is 16.9 Å². The van der Waals surface area contributed by atoms with Crippen LogP contribution in [0.15, 0.2) is 54.6 Å². The minimum absolute atomic E-state index is 0.0212. The summed E-state index contributed by atoms with van der Waals surface area (Å²) in [6.45, 7) is 3.53. The Hall–Kier alpha value is -2.89. The predicted molar refractivity (Wildman–Crippen MR) is 86.2 cm³/mol. The Kier molecular flexibility index (Phi) is 5.30. The number of carbonyl (C=O) groups is 1. The quantitative estimate of drug-likeness (QED) is 0.655. The maximum atomic E-state index is 12.2. The second kappa shape index (κ2) is 7.40. The van der Waals surface area contributed by atoms with Crippen molar-refractivity contribution in [1.29, 1.82) is 0 Å². The van der Waals surface area contributed by atoms with E-state index in [9.17, 15) is 14.9 Å². The van der Waals surface area contributed by atoms with E-state index in [4.69, 9.17) is 4.74 Å². The van der Waals surface area contributed by atoms with Crippen molar-refractivity contribution in [2.75, 3.05) is 0 Å². The number of hydrogen-bond acceptors (Lipinski definition) is 4. The lowest BCUT2D eigenvalue weighted by molar-refractivity contribution is -0.384. The molecule has 0 radical (unpaired) electrons. The smallest absolute Gasteiger partial charge is 0.269 e. The van der Waals surface area contributed by atoms with Crippen LogP contribution in [0.4, 0.5) is 5.69 Å². The third-order valence-electron chi connectivity index (χ3n) is 3.39. The van der Waals surface area contributed by atoms with Gasteiger partial charge >= 0.3 is 0 Å². The molecule has 0 saturated heterocycles. The van der Waals surface area contributed by atoms with E-state index in [-0.39, 0.29) is 17.6 Å². The molecule has 2 aromatic carbocycles. The Morgan fingerprint density at radius 1 is 1.09 bits per heavy atom. The predicted octanol–water partition coefficient (Wildman–Crippen LogP) is 3.24. The van der Waals surface area contributed by atoms with E-state index >= 15 is 0 Å². The second-order valence-corrected chi connectivity index (χ2v) is 5.15. The van der Waals surface area contributed by atoms with Crippen molar-refractivity contribution < 1.29 is 14.5 Å². The SMILES string of the molecule is C[C@H](NC(=O)[C@@H](C)Oc1ccc([N+](=O)[O-])cc1)c1ccccc1. The lowest BCUT2D eigenvalue weighted by atomic mass is 10.1. The summed E-state index contributed by atoms with van der Waals surface area (Å²) in [7, 11) is 0. The molecule has 0 spiro atoms. The standard InChI is InChI=1S/C17H18N2O4/c1-12(14-6-4-3-5-7-14)18-17(20)13(2)23-16-10-8-15(9-11-16)19(21)22/h3-13H,1-2H3,(H,18,20)/t12-,13+/m0/s1. The van der Waals surface area contributed by atoms with E-state index in [0.717, 1.165) is 5.56 Å². The van der Waals surface area contributed by atoms with Crippen LogP contribution >= 0.6 is 0 Å². The van der Waals surface area contributed by atoms with Gasteiger partial charge in [-0.1, -0.05) is 30.3 Å². The summed E-state index contributed by atoms with van der Waals surface area (Å²) in [4.78, 5) is 22.3. The Labute approximate surface area is 134 Å². The van der Waals surface area contributed by atoms with E-state index in [0.29, 0.717) is 5.75 Å². The van der Waals surface area contributed by atoms with Gasteiger partial charge in [-0.15, -0.1) is 0 Å². The number of ether oxygens (including phenoxy) is 1. The van der Waals surface area contributed by atoms with Crippen LogP contribution in [0.1, 0.15) is 25.5 Å². The molecule has 2 rings (SSSR count). The zero-order chi connectivity index (χ0) is 16.8. The average Bonchev–Trinajstić information content (AvgIpc) is 2.56. The molecule has 1 N–H and O–H groups in total. The Morgan fingerprint density at radius 3 is 2.26 bits per heavy atom. The van der Waals surface area contributed by atoms with Crippen LogP contribution in [0, 0.1) is 10.1 Å². The highest BCUT2D eigenvalue weighted by molar-refractivity contribution is 5.81. The van der Waals surface area contributed by atoms with Crippen LogP contribution < -0.4 is 10.1 Å². The van der Waals surface area contributed by atoms with Crippen molar-refractivity contribution in [2.24, 2.45) is 0 Å². The molecule has 0 heterocycles. The zero-order valence-electron chi connectivity index (χ0n) is 12.9. The molecular formula is C17H18N2O4. The van der Waals surface area contributed by atoms with Gasteiger partial charge < -0.3 is 10.1 Å². The number of rotatable bonds is 6. The first-order valence-electron chi connectivity index (χ1n) is 7.24. The van der Waals surface area contributed by atoms with Gasteiger partial charge in [0.1, 0.15) is 5.75 Å². The highest BCUT2D eigenvalue weighted by atomic mass is 16.6. The van der Waals surface area contributed by atoms with Gasteiger partial charge in [-0.3, -0.25) is 14.9 Å². The third-order valence-corrected chi connectivity index (χ3v) is 3.39. The monoisotopic (exact) mass is 314 g/mol. The number of nitrogens with one attached hydrogen (secondary N) is 1. The molecule has 120 valence electrons. The van der Waals surface area contributed by atoms with E-state index in [1.54, 1.807) is 6.92 Å². The van der Waals surface area contributed by atoms with Crippen LogP contribution in [0.2, 0.25) is 0 Å². The Bertz CT molecular complexity index is 671. The van der Waals surface area contributed by atoms with Crippen molar-refractivity contribution in [1.82, 2.24) is 5.32 Å². The number of benzene rings is 2. The molecule has 0 aromatic heterocycles. The normalized spacial score (nSPS) is 13.0. The lowest BCUT2D eigenvalue weighted by Crippen LogP contribution is -2.37. The number of carbonyl (C=O) groups excluding carboxylic acids is 1. The maximum absolute atomic E-state index is 12.2. The van der Waals surface area contributed by atoms with Crippen molar-refractivity contribution in [2.45, 2.75) is 26.0 Å². The van der Waals surface area contributed by atoms with Gasteiger partial charge in [0, 0.05) is 12.1 Å². The van der Waals surface area contributed by atoms with Crippen LogP contribution in [0.3, 0.4) is 0 Å². The van der Waals surface area contributed by atoms with Gasteiger partial charge in [0.15, 0.2) is 6.10 Å². The van der Waals surface area contributed by atoms with Gasteiger partial charge in [-0.05, 0) is 31.5 Å². The number of amides is 1. The highest BCUT2D eigenvalue weighted by Crippen LogP contribution is 2.19. The van der Waals surface area contributed by atoms with Crippen LogP contribution in [0.25, 0.3) is 0 Å². The van der Waals surface area contributed by atoms with Crippen LogP contribution in [-0.2, 0) is 4.79 Å². The van der Waals surface area contributed by atoms with E-state index in [1.165, 1.54) is 24.3 Å². The fourth-order valence-corrected chi connectivity index (χ4v) is 2.06. The summed E-state index contributed by atoms with van der Waals surface area (Å²) in [5.74, 6) is 0.158. The molecule has 0 fully saturated rings. The summed E-state index contributed by atoms with van der Waals surface area (Å²) in [6.07, 6.45) is -0.706. The minimum atomic E-state index is -0.706. The number of nitro benzene ring substituents is 1. The molecule has 2 atom stereocenters. The van der Waals surface area contributed by atoms with Gasteiger partial charge in [0.2, 0.25) is 0 Å². The fraction of sp³-hybridized carbons (Fsp3) is 0.235. The summed E-state index contributed by atoms with van der Waals surface area (Å²) >= 11 is 0. The molecule has 1 amide bonds. The van der Waals surface area contributed by atoms with Crippen LogP contribution in [0.5, 0.6) is 5.75 Å². The average molecular weight is 314 g/mol. The Balaban J connectivity index is 1.93. The number of nitrogens with zero attached hydrogens (tertiary/aromatic N) is 1. The van der Waals surface area contributed by atoms with E-state index < -0.39 is 11.0 Å². The lowest BCUT2D eigenvalue weighted by Gasteiger charge is -2.19. The molecule has 6 heteroatoms. The summed E-state index contributed by atoms with van der Waals surface area (Å²) < 4.78 is 5.51. The first-order chi connectivity index (χ1) is 11.0. The molecule has 23 heavy (non-hydrogen) atoms. The molecule has 2 aromatic rings. The second-order valence-electron chi connectivity index (χ2n) is 5.15. The third kappa shape index (κ3) is 4.54. The molecule has 0 saturated carbocycles. The minimum Gasteiger partial charge on any atom is -0.481 e. The molecule has 0 aliphatic rings. The van der Waals surface area contributed by atoms with E-state index in [2.05, 4.69) is 5.32 Å². The number of non-ortho nitro benzene ring substituents is 1. The summed E-state index contributed by atoms with van der Waals surface area (Å²) in [5, 5.41) is 13.5. The molecular weight excluding hydrogens is 296 g/mol. The van der Waals surface area contributed by atoms with Gasteiger partial charge in [0.25, 0.3) is 11.6 Å². The van der Waals surface area contributed by atoms with Crippen molar-refractivity contribution in [3.8, 4) is 5.75 Å². The summed E-state index contributed by atoms with van der Waals surface area (Å²) in [6, 6.07) is 15.1. The van der Waals surface area contributed by atoms with E-state index in [1.807, 2.05) is 37.3 Å². The molecule has 0 unspecified atom stereocenters. The summed E-state index contributed by atoms with van der Waals surface area (Å²) in [5.41, 5.74) is 0.982. The fourth-order valence-electron chi connectivity index (χ4n) is 2.06. The largest absolute Gasteiger partial charge is 0.481 e. The van der Waals surface area contributed by atoms with Crippen molar-refractivity contribution in [3.63, 3.8) is 0 Å². The van der Waals surface area contributed by atoms with Crippen molar-refractivity contribution in [3.05, 3.63) is 70.3 Å². The molecule has 0 bridgehead atoms. The number of hydrogen-bond donors (Lipinski definition) is 1. The first-order valence-corrected chi connectivity index (χ1v) is 7.24. The highest BCUT2D eigenvalue weighted by Gasteiger charge is 2.18. The molecule has 6 nitrogen and oxygen atoms in total. The van der Waals surface area contributed by atoms with Gasteiger partial charge in [-0.2, -0.15) is 0 Å². The van der Waals surface area contributed by atoms with Gasteiger partial charge in [-0.25, -0.2) is 0 Å². The Morgan fingerprint density at radius 2 is 1.70 bits per heavy atom. The topological polar surface area (TPSA) is 81.5 Å². The first kappa shape index (κ1) is 16.5. The molecule has 0 aliphatic heterocycles. The maximum Gasteiger partial charge on any atom is 0.269 e. The van der Waals surface area contributed by atoms with Gasteiger partial charge in [0.05, 0.1) is 11.0 Å².